The minimum Gasteiger partial charge on any atom is -0.399 e. The van der Waals surface area contributed by atoms with Crippen molar-refractivity contribution < 1.29 is 4.79 Å². The summed E-state index contributed by atoms with van der Waals surface area (Å²) in [6.07, 6.45) is 3.10. The zero-order chi connectivity index (χ0) is 14.4. The summed E-state index contributed by atoms with van der Waals surface area (Å²) in [5.41, 5.74) is 8.17. The Morgan fingerprint density at radius 3 is 2.63 bits per heavy atom. The molecule has 1 atom stereocenters. The van der Waals surface area contributed by atoms with Crippen LogP contribution in [-0.4, -0.2) is 23.4 Å². The van der Waals surface area contributed by atoms with Crippen molar-refractivity contribution in [2.24, 2.45) is 0 Å². The largest absolute Gasteiger partial charge is 0.399 e. The summed E-state index contributed by atoms with van der Waals surface area (Å²) >= 11 is 0. The van der Waals surface area contributed by atoms with Crippen LogP contribution >= 0.6 is 0 Å². The number of rotatable bonds is 6. The predicted molar refractivity (Wildman–Crippen MR) is 81.3 cm³/mol. The molecule has 0 saturated heterocycles. The Morgan fingerprint density at radius 2 is 2.05 bits per heavy atom. The molecular formula is C16H26N2O. The fraction of sp³-hybridized carbons (Fsp3) is 0.562. The number of nitrogens with two attached hydrogens (primary N) is 1. The molecule has 0 aliphatic heterocycles. The molecule has 1 aromatic rings. The quantitative estimate of drug-likeness (QED) is 0.796. The van der Waals surface area contributed by atoms with Gasteiger partial charge in [-0.2, -0.15) is 0 Å². The van der Waals surface area contributed by atoms with Crippen LogP contribution in [0.1, 0.15) is 56.0 Å². The Hall–Kier alpha value is -1.51. The number of anilines is 1. The van der Waals surface area contributed by atoms with Crippen molar-refractivity contribution in [3.63, 3.8) is 0 Å². The molecule has 1 unspecified atom stereocenters. The van der Waals surface area contributed by atoms with Gasteiger partial charge in [0.15, 0.2) is 0 Å². The molecule has 3 heteroatoms. The first kappa shape index (κ1) is 15.5. The fourth-order valence-electron chi connectivity index (χ4n) is 2.10. The number of nitrogen functional groups attached to an aromatic ring is 1. The van der Waals surface area contributed by atoms with Crippen molar-refractivity contribution >= 4 is 11.6 Å². The summed E-state index contributed by atoms with van der Waals surface area (Å²) < 4.78 is 0. The lowest BCUT2D eigenvalue weighted by molar-refractivity contribution is 0.0684. The third-order valence-electron chi connectivity index (χ3n) is 3.63. The first-order chi connectivity index (χ1) is 9.01. The molecule has 0 fully saturated rings. The highest BCUT2D eigenvalue weighted by molar-refractivity contribution is 5.96. The Bertz CT molecular complexity index is 429. The van der Waals surface area contributed by atoms with Gasteiger partial charge in [-0.15, -0.1) is 0 Å². The summed E-state index contributed by atoms with van der Waals surface area (Å²) in [5.74, 6) is 0.104. The highest BCUT2D eigenvalue weighted by Gasteiger charge is 2.21. The maximum Gasteiger partial charge on any atom is 0.254 e. The molecule has 0 aliphatic rings. The molecule has 0 spiro atoms. The topological polar surface area (TPSA) is 46.3 Å². The van der Waals surface area contributed by atoms with Crippen LogP contribution in [0.25, 0.3) is 0 Å². The van der Waals surface area contributed by atoms with Crippen LogP contribution < -0.4 is 5.73 Å². The van der Waals surface area contributed by atoms with Gasteiger partial charge in [0.25, 0.3) is 5.91 Å². The third-order valence-corrected chi connectivity index (χ3v) is 3.63. The van der Waals surface area contributed by atoms with E-state index in [0.29, 0.717) is 5.69 Å². The molecule has 0 radical (unpaired) electrons. The van der Waals surface area contributed by atoms with Gasteiger partial charge in [-0.1, -0.05) is 26.3 Å². The number of amides is 1. The molecule has 1 amide bonds. The minimum absolute atomic E-state index is 0.104. The maximum atomic E-state index is 12.7. The first-order valence-electron chi connectivity index (χ1n) is 7.18. The number of hydrogen-bond donors (Lipinski definition) is 1. The molecule has 0 aliphatic carbocycles. The van der Waals surface area contributed by atoms with Gasteiger partial charge in [-0.05, 0) is 44.4 Å². The van der Waals surface area contributed by atoms with E-state index >= 15 is 0 Å². The van der Waals surface area contributed by atoms with E-state index in [-0.39, 0.29) is 11.9 Å². The summed E-state index contributed by atoms with van der Waals surface area (Å²) in [6, 6.07) is 5.81. The normalized spacial score (nSPS) is 12.2. The van der Waals surface area contributed by atoms with Crippen molar-refractivity contribution in [2.45, 2.75) is 53.0 Å². The summed E-state index contributed by atoms with van der Waals surface area (Å²) in [4.78, 5) is 14.7. The van der Waals surface area contributed by atoms with E-state index in [4.69, 9.17) is 5.73 Å². The van der Waals surface area contributed by atoms with Crippen LogP contribution in [0.5, 0.6) is 0 Å². The molecule has 0 aromatic heterocycles. The van der Waals surface area contributed by atoms with E-state index in [1.807, 2.05) is 24.0 Å². The Morgan fingerprint density at radius 1 is 1.37 bits per heavy atom. The third kappa shape index (κ3) is 3.98. The van der Waals surface area contributed by atoms with E-state index in [2.05, 4.69) is 20.8 Å². The fourth-order valence-corrected chi connectivity index (χ4v) is 2.10. The standard InChI is InChI=1S/C16H26N2O/c1-5-7-10-18(13(4)6-2)16(19)15-11-14(17)9-8-12(15)3/h8-9,11,13H,5-7,10,17H2,1-4H3. The molecular weight excluding hydrogens is 236 g/mol. The molecule has 0 bridgehead atoms. The number of carbonyl (C=O) groups is 1. The molecule has 3 nitrogen and oxygen atoms in total. The van der Waals surface area contributed by atoms with Crippen LogP contribution in [0.15, 0.2) is 18.2 Å². The Kier molecular flexibility index (Phi) is 5.87. The number of benzene rings is 1. The number of carbonyl (C=O) groups excluding carboxylic acids is 1. The number of nitrogens with zero attached hydrogens (tertiary/aromatic N) is 1. The highest BCUT2D eigenvalue weighted by atomic mass is 16.2. The van der Waals surface area contributed by atoms with Gasteiger partial charge in [0, 0.05) is 23.8 Å². The molecule has 1 aromatic carbocycles. The molecule has 0 saturated carbocycles. The van der Waals surface area contributed by atoms with E-state index in [0.717, 1.165) is 36.9 Å². The molecule has 1 rings (SSSR count). The summed E-state index contributed by atoms with van der Waals surface area (Å²) in [6.45, 7) is 9.14. The second-order valence-corrected chi connectivity index (χ2v) is 5.18. The number of unbranched alkanes of at least 4 members (excludes halogenated alkanes) is 1. The van der Waals surface area contributed by atoms with Gasteiger partial charge >= 0.3 is 0 Å². The molecule has 2 N–H and O–H groups in total. The van der Waals surface area contributed by atoms with E-state index in [1.165, 1.54) is 0 Å². The average Bonchev–Trinajstić information content (AvgIpc) is 2.41. The van der Waals surface area contributed by atoms with Crippen LogP contribution in [-0.2, 0) is 0 Å². The smallest absolute Gasteiger partial charge is 0.254 e. The monoisotopic (exact) mass is 262 g/mol. The predicted octanol–water partition coefficient (Wildman–Crippen LogP) is 3.62. The zero-order valence-corrected chi connectivity index (χ0v) is 12.6. The second-order valence-electron chi connectivity index (χ2n) is 5.18. The average molecular weight is 262 g/mol. The van der Waals surface area contributed by atoms with Gasteiger partial charge in [0.05, 0.1) is 0 Å². The SMILES string of the molecule is CCCCN(C(=O)c1cc(N)ccc1C)C(C)CC. The van der Waals surface area contributed by atoms with Crippen LogP contribution in [0.4, 0.5) is 5.69 Å². The van der Waals surface area contributed by atoms with Gasteiger partial charge in [-0.25, -0.2) is 0 Å². The van der Waals surface area contributed by atoms with E-state index in [1.54, 1.807) is 6.07 Å². The lowest BCUT2D eigenvalue weighted by Crippen LogP contribution is -2.39. The Labute approximate surface area is 116 Å². The van der Waals surface area contributed by atoms with Gasteiger partial charge < -0.3 is 10.6 Å². The highest BCUT2D eigenvalue weighted by Crippen LogP contribution is 2.18. The lowest BCUT2D eigenvalue weighted by atomic mass is 10.0. The molecule has 19 heavy (non-hydrogen) atoms. The number of hydrogen-bond acceptors (Lipinski definition) is 2. The van der Waals surface area contributed by atoms with Crippen molar-refractivity contribution in [1.82, 2.24) is 4.90 Å². The van der Waals surface area contributed by atoms with Crippen LogP contribution in [0.2, 0.25) is 0 Å². The van der Waals surface area contributed by atoms with Crippen LogP contribution in [0, 0.1) is 6.92 Å². The van der Waals surface area contributed by atoms with Crippen LogP contribution in [0.3, 0.4) is 0 Å². The van der Waals surface area contributed by atoms with Crippen molar-refractivity contribution in [2.75, 3.05) is 12.3 Å². The second kappa shape index (κ2) is 7.17. The van der Waals surface area contributed by atoms with Crippen molar-refractivity contribution in [3.8, 4) is 0 Å². The minimum atomic E-state index is 0.104. The van der Waals surface area contributed by atoms with Crippen molar-refractivity contribution in [1.29, 1.82) is 0 Å². The maximum absolute atomic E-state index is 12.7. The van der Waals surface area contributed by atoms with Crippen molar-refractivity contribution in [3.05, 3.63) is 29.3 Å². The van der Waals surface area contributed by atoms with Gasteiger partial charge in [0.2, 0.25) is 0 Å². The van der Waals surface area contributed by atoms with Gasteiger partial charge in [0.1, 0.15) is 0 Å². The first-order valence-corrected chi connectivity index (χ1v) is 7.18. The van der Waals surface area contributed by atoms with E-state index in [9.17, 15) is 4.79 Å². The van der Waals surface area contributed by atoms with E-state index < -0.39 is 0 Å². The Balaban J connectivity index is 3.00. The molecule has 0 heterocycles. The summed E-state index contributed by atoms with van der Waals surface area (Å²) in [7, 11) is 0. The lowest BCUT2D eigenvalue weighted by Gasteiger charge is -2.29. The molecule has 106 valence electrons. The summed E-state index contributed by atoms with van der Waals surface area (Å²) in [5, 5.41) is 0. The van der Waals surface area contributed by atoms with Gasteiger partial charge in [-0.3, -0.25) is 4.79 Å². The zero-order valence-electron chi connectivity index (χ0n) is 12.6. The number of aryl methyl sites for hydroxylation is 1.